The van der Waals surface area contributed by atoms with Crippen molar-refractivity contribution < 1.29 is 18.9 Å². The fourth-order valence-electron chi connectivity index (χ4n) is 4.20. The van der Waals surface area contributed by atoms with Gasteiger partial charge in [-0.05, 0) is 67.1 Å². The molecule has 1 atom stereocenters. The minimum atomic E-state index is -0.591. The van der Waals surface area contributed by atoms with Crippen molar-refractivity contribution >= 4 is 70.3 Å². The highest BCUT2D eigenvalue weighted by molar-refractivity contribution is 8.00. The van der Waals surface area contributed by atoms with Crippen molar-refractivity contribution in [2.75, 3.05) is 10.6 Å². The van der Waals surface area contributed by atoms with Crippen molar-refractivity contribution in [1.82, 2.24) is 10.5 Å². The van der Waals surface area contributed by atoms with Gasteiger partial charge in [-0.25, -0.2) is 0 Å². The highest BCUT2D eigenvalue weighted by Gasteiger charge is 2.23. The number of thioether (sulfide) groups is 1. The number of nitrogens with zero attached hydrogens (tertiary/aromatic N) is 1. The Bertz CT molecular complexity index is 1830. The molecule has 3 N–H and O–H groups in total. The molecule has 5 aromatic rings. The second-order valence-corrected chi connectivity index (χ2v) is 11.7. The van der Waals surface area contributed by atoms with Crippen LogP contribution in [0.3, 0.4) is 0 Å². The Balaban J connectivity index is 1.34. The van der Waals surface area contributed by atoms with Crippen LogP contribution in [0.15, 0.2) is 124 Å². The van der Waals surface area contributed by atoms with Crippen molar-refractivity contribution in [2.45, 2.75) is 17.1 Å². The largest absolute Gasteiger partial charge is 0.360 e. The molecule has 226 valence electrons. The number of carbonyl (C=O) groups is 3. The molecule has 1 heterocycles. The summed E-state index contributed by atoms with van der Waals surface area (Å²) in [7, 11) is 0. The summed E-state index contributed by atoms with van der Waals surface area (Å²) in [5, 5.41) is 12.2. The van der Waals surface area contributed by atoms with Crippen molar-refractivity contribution in [3.8, 4) is 0 Å². The molecule has 1 unspecified atom stereocenters. The van der Waals surface area contributed by atoms with Gasteiger partial charge >= 0.3 is 0 Å². The van der Waals surface area contributed by atoms with Gasteiger partial charge in [0.05, 0.1) is 0 Å². The minimum Gasteiger partial charge on any atom is -0.360 e. The van der Waals surface area contributed by atoms with E-state index in [0.29, 0.717) is 38.4 Å². The normalized spacial score (nSPS) is 11.8. The predicted molar refractivity (Wildman–Crippen MR) is 178 cm³/mol. The zero-order valence-corrected chi connectivity index (χ0v) is 26.1. The van der Waals surface area contributed by atoms with Gasteiger partial charge in [0.25, 0.3) is 11.8 Å². The van der Waals surface area contributed by atoms with E-state index in [0.717, 1.165) is 10.5 Å². The highest BCUT2D eigenvalue weighted by Crippen LogP contribution is 2.37. The maximum Gasteiger partial charge on any atom is 0.272 e. The van der Waals surface area contributed by atoms with Crippen LogP contribution < -0.4 is 16.0 Å². The first-order valence-electron chi connectivity index (χ1n) is 13.7. The van der Waals surface area contributed by atoms with Crippen LogP contribution in [-0.4, -0.2) is 22.9 Å². The lowest BCUT2D eigenvalue weighted by molar-refractivity contribution is -0.116. The van der Waals surface area contributed by atoms with Crippen LogP contribution >= 0.6 is 35.0 Å². The third-order valence-corrected chi connectivity index (χ3v) is 8.33. The number of benzene rings is 4. The van der Waals surface area contributed by atoms with Gasteiger partial charge in [-0.2, -0.15) is 0 Å². The van der Waals surface area contributed by atoms with Crippen molar-refractivity contribution in [3.05, 3.63) is 147 Å². The van der Waals surface area contributed by atoms with Crippen LogP contribution in [-0.2, 0) is 9.59 Å². The topological polar surface area (TPSA) is 113 Å². The summed E-state index contributed by atoms with van der Waals surface area (Å²) in [5.41, 5.74) is 1.98. The van der Waals surface area contributed by atoms with Gasteiger partial charge in [0.15, 0.2) is 5.82 Å². The number of aromatic nitrogens is 1. The summed E-state index contributed by atoms with van der Waals surface area (Å²) in [4.78, 5) is 40.5. The number of nitrogens with one attached hydrogen (secondary N) is 3. The van der Waals surface area contributed by atoms with Gasteiger partial charge in [0.2, 0.25) is 5.91 Å². The third-order valence-electron chi connectivity index (χ3n) is 6.40. The van der Waals surface area contributed by atoms with Gasteiger partial charge in [-0.1, -0.05) is 83.0 Å². The van der Waals surface area contributed by atoms with Gasteiger partial charge in [0, 0.05) is 37.8 Å². The van der Waals surface area contributed by atoms with Crippen molar-refractivity contribution in [1.29, 1.82) is 0 Å². The number of hydrogen-bond donors (Lipinski definition) is 3. The summed E-state index contributed by atoms with van der Waals surface area (Å²) in [6.45, 7) is 1.74. The average molecular weight is 658 g/mol. The van der Waals surface area contributed by atoms with Crippen LogP contribution in [0.4, 0.5) is 11.5 Å². The van der Waals surface area contributed by atoms with E-state index in [2.05, 4.69) is 21.1 Å². The molecule has 0 aliphatic carbocycles. The number of amides is 3. The molecule has 11 heteroatoms. The van der Waals surface area contributed by atoms with E-state index in [4.69, 9.17) is 27.7 Å². The molecule has 0 bridgehead atoms. The van der Waals surface area contributed by atoms with E-state index in [1.54, 1.807) is 85.8 Å². The fraction of sp³-hybridized carbons (Fsp3) is 0.0588. The van der Waals surface area contributed by atoms with Gasteiger partial charge in [-0.15, -0.1) is 11.8 Å². The molecule has 0 saturated heterocycles. The Labute approximate surface area is 273 Å². The Morgan fingerprint density at radius 2 is 1.47 bits per heavy atom. The van der Waals surface area contributed by atoms with E-state index in [1.807, 2.05) is 30.3 Å². The Morgan fingerprint density at radius 1 is 0.822 bits per heavy atom. The molecule has 8 nitrogen and oxygen atoms in total. The molecule has 3 amide bonds. The smallest absolute Gasteiger partial charge is 0.272 e. The summed E-state index contributed by atoms with van der Waals surface area (Å²) >= 11 is 14.0. The molecular formula is C34H26Cl2N4O4S. The minimum absolute atomic E-state index is 0.0544. The molecule has 0 spiro atoms. The Hall–Kier alpha value is -4.83. The second kappa shape index (κ2) is 14.8. The van der Waals surface area contributed by atoms with Crippen LogP contribution in [0.5, 0.6) is 0 Å². The molecule has 4 aromatic carbocycles. The van der Waals surface area contributed by atoms with Crippen LogP contribution in [0.2, 0.25) is 10.0 Å². The highest BCUT2D eigenvalue weighted by atomic mass is 35.5. The average Bonchev–Trinajstić information content (AvgIpc) is 3.46. The summed E-state index contributed by atoms with van der Waals surface area (Å²) < 4.78 is 5.07. The van der Waals surface area contributed by atoms with Gasteiger partial charge in [0.1, 0.15) is 16.7 Å². The molecular weight excluding hydrogens is 631 g/mol. The monoisotopic (exact) mass is 656 g/mol. The van der Waals surface area contributed by atoms with Crippen molar-refractivity contribution in [2.24, 2.45) is 0 Å². The molecule has 0 saturated carbocycles. The van der Waals surface area contributed by atoms with Gasteiger partial charge in [-0.3, -0.25) is 14.4 Å². The van der Waals surface area contributed by atoms with E-state index in [-0.39, 0.29) is 11.6 Å². The van der Waals surface area contributed by atoms with Crippen LogP contribution in [0.1, 0.15) is 32.5 Å². The van der Waals surface area contributed by atoms with Crippen LogP contribution in [0.25, 0.3) is 6.08 Å². The van der Waals surface area contributed by atoms with E-state index >= 15 is 0 Å². The predicted octanol–water partition coefficient (Wildman–Crippen LogP) is 8.17. The molecule has 0 fully saturated rings. The number of hydrogen-bond acceptors (Lipinski definition) is 6. The number of carbonyl (C=O) groups excluding carboxylic acids is 3. The van der Waals surface area contributed by atoms with E-state index in [9.17, 15) is 14.4 Å². The lowest BCUT2D eigenvalue weighted by Gasteiger charge is -2.16. The first-order valence-corrected chi connectivity index (χ1v) is 15.3. The zero-order chi connectivity index (χ0) is 31.8. The molecule has 45 heavy (non-hydrogen) atoms. The Kier molecular flexibility index (Phi) is 10.4. The first kappa shape index (κ1) is 31.6. The maximum atomic E-state index is 13.5. The SMILES string of the molecule is Cc1cc(NC(=O)C(Sc2ccc(NC(=O)/C(=C/c3c(Cl)cccc3Cl)NC(=O)c3ccccc3)cc2)c2ccccc2)no1. The summed E-state index contributed by atoms with van der Waals surface area (Å²) in [5.74, 6) is -0.407. The molecule has 0 aliphatic rings. The van der Waals surface area contributed by atoms with Crippen LogP contribution in [0, 0.1) is 6.92 Å². The summed E-state index contributed by atoms with van der Waals surface area (Å²) in [6, 6.07) is 31.5. The van der Waals surface area contributed by atoms with E-state index in [1.165, 1.54) is 17.8 Å². The maximum absolute atomic E-state index is 13.5. The molecule has 5 rings (SSSR count). The molecule has 1 aromatic heterocycles. The fourth-order valence-corrected chi connectivity index (χ4v) is 5.74. The second-order valence-electron chi connectivity index (χ2n) is 9.71. The standard InChI is InChI=1S/C34H26Cl2N4O4S/c1-21-19-30(40-44-21)39-34(43)31(22-9-4-2-5-10-22)45-25-17-15-24(16-18-25)37-33(42)29(20-26-27(35)13-8-14-28(26)36)38-32(41)23-11-6-3-7-12-23/h2-20,31H,1H3,(H,37,42)(H,38,41)(H,39,40,43)/b29-20-. The Morgan fingerprint density at radius 3 is 2.09 bits per heavy atom. The van der Waals surface area contributed by atoms with E-state index < -0.39 is 17.1 Å². The summed E-state index contributed by atoms with van der Waals surface area (Å²) in [6.07, 6.45) is 1.44. The lowest BCUT2D eigenvalue weighted by Crippen LogP contribution is -2.30. The zero-order valence-electron chi connectivity index (χ0n) is 23.8. The lowest BCUT2D eigenvalue weighted by atomic mass is 10.1. The van der Waals surface area contributed by atoms with Gasteiger partial charge < -0.3 is 20.5 Å². The van der Waals surface area contributed by atoms with Crippen molar-refractivity contribution in [3.63, 3.8) is 0 Å². The number of rotatable bonds is 10. The number of aryl methyl sites for hydroxylation is 1. The quantitative estimate of drug-likeness (QED) is 0.103. The number of anilines is 2. The first-order chi connectivity index (χ1) is 21.8. The molecule has 0 radical (unpaired) electrons. The molecule has 0 aliphatic heterocycles. The number of halogens is 2. The third kappa shape index (κ3) is 8.42.